The van der Waals surface area contributed by atoms with Gasteiger partial charge in [-0.05, 0) is 119 Å². The van der Waals surface area contributed by atoms with E-state index in [-0.39, 0.29) is 0 Å². The molecule has 5 heteroatoms. The van der Waals surface area contributed by atoms with E-state index in [1.165, 1.54) is 38.9 Å². The van der Waals surface area contributed by atoms with Crippen molar-refractivity contribution < 1.29 is 0 Å². The molecule has 5 nitrogen and oxygen atoms in total. The fourth-order valence-corrected chi connectivity index (χ4v) is 7.39. The van der Waals surface area contributed by atoms with Gasteiger partial charge in [-0.1, -0.05) is 35.4 Å². The van der Waals surface area contributed by atoms with Gasteiger partial charge in [-0.2, -0.15) is 5.26 Å². The molecule has 2 fully saturated rings. The first kappa shape index (κ1) is 26.2. The molecule has 5 heterocycles. The van der Waals surface area contributed by atoms with E-state index in [0.29, 0.717) is 5.57 Å². The molecule has 0 aliphatic carbocycles. The fraction of sp³-hybridized carbons (Fsp3) is 0.270. The Labute approximate surface area is 248 Å². The van der Waals surface area contributed by atoms with Gasteiger partial charge in [0.05, 0.1) is 28.4 Å². The molecule has 0 amide bonds. The average Bonchev–Trinajstić information content (AvgIpc) is 3.73. The number of rotatable bonds is 2. The Morgan fingerprint density at radius 1 is 0.619 bits per heavy atom. The summed E-state index contributed by atoms with van der Waals surface area (Å²) in [6.45, 7) is 13.0. The largest absolute Gasteiger partial charge is 0.360 e. The Morgan fingerprint density at radius 3 is 1.69 bits per heavy atom. The van der Waals surface area contributed by atoms with Crippen LogP contribution in [-0.4, -0.2) is 11.4 Å². The highest BCUT2D eigenvalue weighted by molar-refractivity contribution is 6.36. The third-order valence-corrected chi connectivity index (χ3v) is 8.95. The molecule has 2 saturated heterocycles. The molecule has 0 atom stereocenters. The van der Waals surface area contributed by atoms with Gasteiger partial charge in [0, 0.05) is 33.9 Å². The summed E-state index contributed by atoms with van der Waals surface area (Å²) < 4.78 is 0. The molecule has 0 spiro atoms. The fourth-order valence-electron chi connectivity index (χ4n) is 7.39. The summed E-state index contributed by atoms with van der Waals surface area (Å²) in [4.78, 5) is 10.5. The molecule has 208 valence electrons. The van der Waals surface area contributed by atoms with Gasteiger partial charge in [0.1, 0.15) is 6.07 Å². The number of benzene rings is 2. The Balaban J connectivity index is 1.51. The molecule has 2 N–H and O–H groups in total. The number of hydrogen-bond acceptors (Lipinski definition) is 5. The second-order valence-electron chi connectivity index (χ2n) is 12.2. The van der Waals surface area contributed by atoms with Crippen LogP contribution in [0.3, 0.4) is 0 Å². The standard InChI is InChI=1S/C37H35N5/c1-19-13-21(3)33(22(4)14-19)35-29-10-7-26(39-29)27-8-12-31(40-27)36(34-23(5)15-20(2)16-24(34)6)37-25(18-38)17-32(42-37)28-9-11-30(35)41-28/h7,10,13-17,40-41H,8-9,11-12H2,1-6H3. The van der Waals surface area contributed by atoms with Crippen LogP contribution >= 0.6 is 0 Å². The number of nitrogens with one attached hydrogen (secondary N) is 2. The molecule has 5 aliphatic rings. The maximum atomic E-state index is 10.4. The van der Waals surface area contributed by atoms with Gasteiger partial charge in [0.2, 0.25) is 0 Å². The molecular formula is C37H35N5. The Hall–Kier alpha value is -4.69. The van der Waals surface area contributed by atoms with Crippen LogP contribution in [0.2, 0.25) is 0 Å². The minimum absolute atomic E-state index is 0.613. The van der Waals surface area contributed by atoms with E-state index in [4.69, 9.17) is 9.98 Å². The topological polar surface area (TPSA) is 72.6 Å². The van der Waals surface area contributed by atoms with E-state index in [0.717, 1.165) is 88.0 Å². The van der Waals surface area contributed by atoms with Crippen LogP contribution in [0.1, 0.15) is 70.2 Å². The highest BCUT2D eigenvalue weighted by Gasteiger charge is 2.32. The van der Waals surface area contributed by atoms with Gasteiger partial charge >= 0.3 is 0 Å². The second kappa shape index (κ2) is 9.70. The zero-order valence-electron chi connectivity index (χ0n) is 25.2. The lowest BCUT2D eigenvalue weighted by Crippen LogP contribution is -2.15. The first-order valence-electron chi connectivity index (χ1n) is 14.8. The number of aliphatic imine (C=N–C) groups is 2. The van der Waals surface area contributed by atoms with E-state index in [9.17, 15) is 5.26 Å². The Morgan fingerprint density at radius 2 is 1.12 bits per heavy atom. The first-order chi connectivity index (χ1) is 20.2. The van der Waals surface area contributed by atoms with E-state index in [2.05, 4.69) is 94.7 Å². The number of hydrogen-bond donors (Lipinski definition) is 2. The Bertz CT molecular complexity index is 1880. The molecule has 0 radical (unpaired) electrons. The summed E-state index contributed by atoms with van der Waals surface area (Å²) in [5.41, 5.74) is 20.6. The molecule has 0 saturated carbocycles. The third kappa shape index (κ3) is 4.13. The van der Waals surface area contributed by atoms with Crippen molar-refractivity contribution in [3.63, 3.8) is 0 Å². The minimum atomic E-state index is 0.613. The molecule has 42 heavy (non-hydrogen) atoms. The zero-order chi connectivity index (χ0) is 29.3. The molecule has 0 unspecified atom stereocenters. The predicted molar refractivity (Wildman–Crippen MR) is 172 cm³/mol. The monoisotopic (exact) mass is 549 g/mol. The second-order valence-corrected chi connectivity index (χ2v) is 12.2. The molecule has 2 aromatic carbocycles. The van der Waals surface area contributed by atoms with Crippen molar-refractivity contribution in [2.24, 2.45) is 9.98 Å². The van der Waals surface area contributed by atoms with Crippen LogP contribution in [0.5, 0.6) is 0 Å². The van der Waals surface area contributed by atoms with Crippen LogP contribution in [0.25, 0.3) is 11.1 Å². The first-order valence-corrected chi connectivity index (χ1v) is 14.8. The maximum absolute atomic E-state index is 10.4. The zero-order valence-corrected chi connectivity index (χ0v) is 25.2. The summed E-state index contributed by atoms with van der Waals surface area (Å²) in [7, 11) is 0. The van der Waals surface area contributed by atoms with Crippen LogP contribution in [0.15, 0.2) is 92.2 Å². The van der Waals surface area contributed by atoms with Crippen molar-refractivity contribution >= 4 is 22.6 Å². The number of aryl methyl sites for hydroxylation is 6. The van der Waals surface area contributed by atoms with Crippen LogP contribution in [0, 0.1) is 52.9 Å². The summed E-state index contributed by atoms with van der Waals surface area (Å²) >= 11 is 0. The van der Waals surface area contributed by atoms with Gasteiger partial charge in [0.25, 0.3) is 0 Å². The van der Waals surface area contributed by atoms with Crippen molar-refractivity contribution in [2.75, 3.05) is 0 Å². The van der Waals surface area contributed by atoms with Gasteiger partial charge in [-0.15, -0.1) is 0 Å². The highest BCUT2D eigenvalue weighted by Crippen LogP contribution is 2.41. The number of fused-ring (bicyclic) bond motifs is 6. The van der Waals surface area contributed by atoms with Crippen molar-refractivity contribution in [2.45, 2.75) is 67.2 Å². The van der Waals surface area contributed by atoms with Gasteiger partial charge in [-0.3, -0.25) is 0 Å². The van der Waals surface area contributed by atoms with Crippen LogP contribution in [-0.2, 0) is 0 Å². The van der Waals surface area contributed by atoms with Crippen molar-refractivity contribution in [3.8, 4) is 6.07 Å². The molecule has 8 bridgehead atoms. The summed E-state index contributed by atoms with van der Waals surface area (Å²) in [6, 6.07) is 11.5. The smallest absolute Gasteiger partial charge is 0.102 e. The summed E-state index contributed by atoms with van der Waals surface area (Å²) in [6.07, 6.45) is 9.70. The number of nitriles is 1. The van der Waals surface area contributed by atoms with Gasteiger partial charge in [-0.25, -0.2) is 9.98 Å². The molecule has 7 rings (SSSR count). The summed E-state index contributed by atoms with van der Waals surface area (Å²) in [5, 5.41) is 17.9. The van der Waals surface area contributed by atoms with Gasteiger partial charge in [0.15, 0.2) is 0 Å². The van der Waals surface area contributed by atoms with Crippen molar-refractivity contribution in [3.05, 3.63) is 127 Å². The Kier molecular flexibility index (Phi) is 6.06. The SMILES string of the molecule is Cc1cc(C)c(C2=C3CCC(=C4C=C(C#N)C(=N4)C(c4c(C)cc(C)cc4C)=C4CCC(=C5C=CC2=N5)N4)N3)c(C)c1. The van der Waals surface area contributed by atoms with E-state index < -0.39 is 0 Å². The molecular weight excluding hydrogens is 514 g/mol. The molecule has 2 aromatic rings. The van der Waals surface area contributed by atoms with Gasteiger partial charge < -0.3 is 10.6 Å². The quantitative estimate of drug-likeness (QED) is 0.402. The van der Waals surface area contributed by atoms with Crippen molar-refractivity contribution in [1.82, 2.24) is 10.6 Å². The summed E-state index contributed by atoms with van der Waals surface area (Å²) in [5.74, 6) is 0. The van der Waals surface area contributed by atoms with Crippen LogP contribution < -0.4 is 10.6 Å². The van der Waals surface area contributed by atoms with E-state index in [1.807, 2.05) is 6.08 Å². The highest BCUT2D eigenvalue weighted by atomic mass is 15.0. The lowest BCUT2D eigenvalue weighted by molar-refractivity contribution is 1.02. The normalized spacial score (nSPS) is 19.1. The van der Waals surface area contributed by atoms with E-state index in [1.54, 1.807) is 0 Å². The maximum Gasteiger partial charge on any atom is 0.102 e. The van der Waals surface area contributed by atoms with E-state index >= 15 is 0 Å². The van der Waals surface area contributed by atoms with Crippen molar-refractivity contribution in [1.29, 1.82) is 5.26 Å². The van der Waals surface area contributed by atoms with Crippen LogP contribution in [0.4, 0.5) is 0 Å². The average molecular weight is 550 g/mol. The number of nitrogens with zero attached hydrogens (tertiary/aromatic N) is 3. The molecule has 5 aliphatic heterocycles. The lowest BCUT2D eigenvalue weighted by atomic mass is 9.87. The lowest BCUT2D eigenvalue weighted by Gasteiger charge is -2.19. The third-order valence-electron chi connectivity index (χ3n) is 8.95. The minimum Gasteiger partial charge on any atom is -0.360 e. The number of allylic oxidation sites excluding steroid dienone is 10. The molecule has 0 aromatic heterocycles. The predicted octanol–water partition coefficient (Wildman–Crippen LogP) is 7.78.